The molecule has 2 amide bonds. The minimum atomic E-state index is -4.10. The molecule has 1 spiro atoms. The standard InChI is InChI=1S/C21H19F3N2O4/c22-17-9-5-4-8-16(17)18(27)25-10-11-29-14-20(12-25)13-26(15-6-2-1-3-7-15)19(28)21(23,24)30-20/h1-9H,10-14H2. The number of halogens is 3. The van der Waals surface area contributed by atoms with Crippen LogP contribution in [0, 0.1) is 5.82 Å². The van der Waals surface area contributed by atoms with Crippen molar-refractivity contribution in [3.63, 3.8) is 0 Å². The molecule has 158 valence electrons. The average molecular weight is 420 g/mol. The van der Waals surface area contributed by atoms with Crippen LogP contribution in [-0.2, 0) is 14.3 Å². The van der Waals surface area contributed by atoms with Gasteiger partial charge in [-0.15, -0.1) is 0 Å². The highest BCUT2D eigenvalue weighted by molar-refractivity contribution is 5.98. The van der Waals surface area contributed by atoms with Crippen molar-refractivity contribution in [2.75, 3.05) is 37.7 Å². The summed E-state index contributed by atoms with van der Waals surface area (Å²) in [6.45, 7) is -0.640. The second kappa shape index (κ2) is 7.73. The average Bonchev–Trinajstić information content (AvgIpc) is 2.93. The molecule has 4 rings (SSSR count). The van der Waals surface area contributed by atoms with Crippen molar-refractivity contribution in [2.24, 2.45) is 0 Å². The van der Waals surface area contributed by atoms with Crippen LogP contribution in [0.1, 0.15) is 10.4 Å². The van der Waals surface area contributed by atoms with E-state index in [2.05, 4.69) is 0 Å². The number of hydrogen-bond acceptors (Lipinski definition) is 4. The molecule has 30 heavy (non-hydrogen) atoms. The Kier molecular flexibility index (Phi) is 5.25. The quantitative estimate of drug-likeness (QED) is 0.750. The van der Waals surface area contributed by atoms with Crippen LogP contribution in [0.3, 0.4) is 0 Å². The Balaban J connectivity index is 1.66. The van der Waals surface area contributed by atoms with E-state index in [0.29, 0.717) is 0 Å². The molecule has 0 aliphatic carbocycles. The Morgan fingerprint density at radius 1 is 1.00 bits per heavy atom. The third kappa shape index (κ3) is 3.78. The number of para-hydroxylation sites is 1. The van der Waals surface area contributed by atoms with Gasteiger partial charge in [0.2, 0.25) is 0 Å². The van der Waals surface area contributed by atoms with Crippen LogP contribution in [0.25, 0.3) is 0 Å². The molecule has 2 aliphatic rings. The molecule has 0 saturated carbocycles. The Morgan fingerprint density at radius 2 is 1.70 bits per heavy atom. The molecule has 2 aliphatic heterocycles. The van der Waals surface area contributed by atoms with E-state index in [4.69, 9.17) is 9.47 Å². The van der Waals surface area contributed by atoms with Crippen molar-refractivity contribution in [2.45, 2.75) is 11.7 Å². The van der Waals surface area contributed by atoms with Crippen molar-refractivity contribution in [3.8, 4) is 0 Å². The number of carbonyl (C=O) groups is 2. The van der Waals surface area contributed by atoms with Crippen LogP contribution in [0.15, 0.2) is 54.6 Å². The first-order valence-corrected chi connectivity index (χ1v) is 9.38. The Hall–Kier alpha value is -2.91. The Labute approximate surface area is 170 Å². The minimum absolute atomic E-state index is 0.0656. The molecule has 0 aromatic heterocycles. The maximum Gasteiger partial charge on any atom is 0.437 e. The highest BCUT2D eigenvalue weighted by Gasteiger charge is 2.58. The summed E-state index contributed by atoms with van der Waals surface area (Å²) in [7, 11) is 0. The van der Waals surface area contributed by atoms with Crippen LogP contribution in [-0.4, -0.2) is 61.3 Å². The molecule has 2 fully saturated rings. The van der Waals surface area contributed by atoms with E-state index in [9.17, 15) is 22.8 Å². The Morgan fingerprint density at radius 3 is 2.43 bits per heavy atom. The van der Waals surface area contributed by atoms with Crippen LogP contribution < -0.4 is 4.90 Å². The fraction of sp³-hybridized carbons (Fsp3) is 0.333. The van der Waals surface area contributed by atoms with Crippen molar-refractivity contribution in [1.29, 1.82) is 0 Å². The van der Waals surface area contributed by atoms with E-state index < -0.39 is 29.3 Å². The molecule has 0 bridgehead atoms. The summed E-state index contributed by atoms with van der Waals surface area (Å²) >= 11 is 0. The molecule has 0 N–H and O–H groups in total. The van der Waals surface area contributed by atoms with Crippen LogP contribution in [0.2, 0.25) is 0 Å². The van der Waals surface area contributed by atoms with Crippen molar-refractivity contribution in [3.05, 3.63) is 66.0 Å². The van der Waals surface area contributed by atoms with E-state index in [1.54, 1.807) is 18.2 Å². The molecular weight excluding hydrogens is 401 g/mol. The molecule has 6 nitrogen and oxygen atoms in total. The molecule has 2 aromatic carbocycles. The summed E-state index contributed by atoms with van der Waals surface area (Å²) in [6, 6.07) is 13.5. The maximum absolute atomic E-state index is 14.6. The van der Waals surface area contributed by atoms with Gasteiger partial charge in [0.15, 0.2) is 0 Å². The molecule has 2 saturated heterocycles. The lowest BCUT2D eigenvalue weighted by Gasteiger charge is -2.45. The number of rotatable bonds is 2. The number of alkyl halides is 2. The normalized spacial score (nSPS) is 24.0. The number of carbonyl (C=O) groups excluding carboxylic acids is 2. The number of amides is 2. The third-order valence-electron chi connectivity index (χ3n) is 5.09. The monoisotopic (exact) mass is 420 g/mol. The van der Waals surface area contributed by atoms with Gasteiger partial charge in [-0.3, -0.25) is 14.3 Å². The summed E-state index contributed by atoms with van der Waals surface area (Å²) < 4.78 is 53.7. The molecule has 1 unspecified atom stereocenters. The number of ether oxygens (including phenoxy) is 2. The van der Waals surface area contributed by atoms with Crippen LogP contribution >= 0.6 is 0 Å². The summed E-state index contributed by atoms with van der Waals surface area (Å²) in [4.78, 5) is 27.4. The first-order chi connectivity index (χ1) is 14.3. The van der Waals surface area contributed by atoms with E-state index in [0.717, 1.165) is 11.0 Å². The van der Waals surface area contributed by atoms with Gasteiger partial charge >= 0.3 is 12.0 Å². The topological polar surface area (TPSA) is 59.1 Å². The lowest BCUT2D eigenvalue weighted by molar-refractivity contribution is -0.293. The number of morpholine rings is 1. The van der Waals surface area contributed by atoms with Gasteiger partial charge in [0.1, 0.15) is 11.4 Å². The number of nitrogens with zero attached hydrogens (tertiary/aromatic N) is 2. The van der Waals surface area contributed by atoms with Gasteiger partial charge in [-0.1, -0.05) is 30.3 Å². The SMILES string of the molecule is O=C(c1ccccc1F)N1CCOCC2(C1)CN(c1ccccc1)C(=O)C(F)(F)O2. The van der Waals surface area contributed by atoms with E-state index in [1.807, 2.05) is 0 Å². The fourth-order valence-corrected chi connectivity index (χ4v) is 3.72. The predicted octanol–water partition coefficient (Wildman–Crippen LogP) is 2.69. The highest BCUT2D eigenvalue weighted by atomic mass is 19.3. The minimum Gasteiger partial charge on any atom is -0.376 e. The zero-order chi connectivity index (χ0) is 21.4. The van der Waals surface area contributed by atoms with Crippen molar-refractivity contribution < 1.29 is 32.2 Å². The number of anilines is 1. The van der Waals surface area contributed by atoms with Gasteiger partial charge in [-0.05, 0) is 24.3 Å². The molecule has 2 heterocycles. The van der Waals surface area contributed by atoms with Gasteiger partial charge in [0.05, 0.1) is 31.9 Å². The predicted molar refractivity (Wildman–Crippen MR) is 101 cm³/mol. The first-order valence-electron chi connectivity index (χ1n) is 9.38. The lowest BCUT2D eigenvalue weighted by atomic mass is 9.99. The molecule has 0 radical (unpaired) electrons. The van der Waals surface area contributed by atoms with Gasteiger partial charge in [-0.2, -0.15) is 8.78 Å². The molecule has 1 atom stereocenters. The van der Waals surface area contributed by atoms with E-state index >= 15 is 0 Å². The fourth-order valence-electron chi connectivity index (χ4n) is 3.72. The van der Waals surface area contributed by atoms with Crippen LogP contribution in [0.5, 0.6) is 0 Å². The van der Waals surface area contributed by atoms with Gasteiger partial charge in [0.25, 0.3) is 5.91 Å². The van der Waals surface area contributed by atoms with E-state index in [-0.39, 0.29) is 44.1 Å². The Bertz CT molecular complexity index is 956. The second-order valence-electron chi connectivity index (χ2n) is 7.29. The molecular formula is C21H19F3N2O4. The van der Waals surface area contributed by atoms with Crippen molar-refractivity contribution in [1.82, 2.24) is 4.90 Å². The lowest BCUT2D eigenvalue weighted by Crippen LogP contribution is -2.66. The van der Waals surface area contributed by atoms with Crippen LogP contribution in [0.4, 0.5) is 18.9 Å². The number of benzene rings is 2. The van der Waals surface area contributed by atoms with Gasteiger partial charge in [0, 0.05) is 12.2 Å². The largest absolute Gasteiger partial charge is 0.437 e. The molecule has 9 heteroatoms. The van der Waals surface area contributed by atoms with Gasteiger partial charge < -0.3 is 14.5 Å². The summed E-state index contributed by atoms with van der Waals surface area (Å²) in [5, 5.41) is 0. The zero-order valence-corrected chi connectivity index (χ0v) is 15.9. The summed E-state index contributed by atoms with van der Waals surface area (Å²) in [5.41, 5.74) is -1.57. The second-order valence-corrected chi connectivity index (χ2v) is 7.29. The first kappa shape index (κ1) is 20.4. The number of hydrogen-bond donors (Lipinski definition) is 0. The maximum atomic E-state index is 14.6. The summed E-state index contributed by atoms with van der Waals surface area (Å²) in [5.74, 6) is -2.86. The zero-order valence-electron chi connectivity index (χ0n) is 15.9. The van der Waals surface area contributed by atoms with Gasteiger partial charge in [-0.25, -0.2) is 4.39 Å². The van der Waals surface area contributed by atoms with E-state index in [1.165, 1.54) is 35.2 Å². The smallest absolute Gasteiger partial charge is 0.376 e. The molecule has 2 aromatic rings. The summed E-state index contributed by atoms with van der Waals surface area (Å²) in [6.07, 6.45) is -4.10. The third-order valence-corrected chi connectivity index (χ3v) is 5.09. The highest BCUT2D eigenvalue weighted by Crippen LogP contribution is 2.37. The van der Waals surface area contributed by atoms with Crippen molar-refractivity contribution >= 4 is 17.5 Å².